The number of fused-ring (bicyclic) bond motifs is 1. The van der Waals surface area contributed by atoms with E-state index in [0.717, 1.165) is 16.7 Å². The van der Waals surface area contributed by atoms with Crippen LogP contribution < -0.4 is 11.0 Å². The van der Waals surface area contributed by atoms with Crippen molar-refractivity contribution in [2.45, 2.75) is 19.9 Å². The van der Waals surface area contributed by atoms with Gasteiger partial charge in [0.2, 0.25) is 5.91 Å². The lowest BCUT2D eigenvalue weighted by molar-refractivity contribution is -0.116. The number of anilines is 1. The van der Waals surface area contributed by atoms with Crippen molar-refractivity contribution >= 4 is 22.8 Å². The normalized spacial score (nSPS) is 10.9. The Kier molecular flexibility index (Phi) is 3.97. The number of para-hydroxylation sites is 2. The van der Waals surface area contributed by atoms with Crippen molar-refractivity contribution < 1.29 is 4.79 Å². The molecule has 0 saturated carbocycles. The second-order valence-electron chi connectivity index (χ2n) is 5.44. The highest BCUT2D eigenvalue weighted by atomic mass is 16.2. The number of carbonyl (C=O) groups excluding carboxylic acids is 1. The molecule has 0 radical (unpaired) electrons. The first-order valence-electron chi connectivity index (χ1n) is 7.44. The zero-order valence-electron chi connectivity index (χ0n) is 13.1. The fraction of sp³-hybridized carbons (Fsp3) is 0.235. The number of hydrogen-bond donors (Lipinski definition) is 1. The molecule has 0 fully saturated rings. The summed E-state index contributed by atoms with van der Waals surface area (Å²) in [6.07, 6.45) is 0.212. The third kappa shape index (κ3) is 3.01. The maximum atomic E-state index is 12.3. The molecule has 2 aromatic heterocycles. The highest BCUT2D eigenvalue weighted by Crippen LogP contribution is 2.12. The van der Waals surface area contributed by atoms with Crippen LogP contribution in [0.3, 0.4) is 0 Å². The summed E-state index contributed by atoms with van der Waals surface area (Å²) in [6, 6.07) is 13.0. The SMILES string of the molecule is Cc1cccc(NC(=O)CCn2c(=O)n(C)c3ccccc32)n1. The van der Waals surface area contributed by atoms with Crippen LogP contribution in [0.5, 0.6) is 0 Å². The van der Waals surface area contributed by atoms with Gasteiger partial charge >= 0.3 is 5.69 Å². The predicted molar refractivity (Wildman–Crippen MR) is 89.4 cm³/mol. The molecule has 23 heavy (non-hydrogen) atoms. The van der Waals surface area contributed by atoms with E-state index in [1.807, 2.05) is 43.3 Å². The van der Waals surface area contributed by atoms with Gasteiger partial charge in [0.1, 0.15) is 5.82 Å². The topological polar surface area (TPSA) is 68.9 Å². The van der Waals surface area contributed by atoms with E-state index in [2.05, 4.69) is 10.3 Å². The van der Waals surface area contributed by atoms with E-state index in [9.17, 15) is 9.59 Å². The van der Waals surface area contributed by atoms with Crippen LogP contribution in [0.1, 0.15) is 12.1 Å². The van der Waals surface area contributed by atoms with Gasteiger partial charge in [-0.2, -0.15) is 0 Å². The quantitative estimate of drug-likeness (QED) is 0.802. The van der Waals surface area contributed by atoms with Crippen molar-refractivity contribution in [1.29, 1.82) is 0 Å². The first-order valence-corrected chi connectivity index (χ1v) is 7.44. The van der Waals surface area contributed by atoms with Gasteiger partial charge in [-0.25, -0.2) is 9.78 Å². The predicted octanol–water partition coefficient (Wildman–Crippen LogP) is 2.07. The first-order chi connectivity index (χ1) is 11.1. The van der Waals surface area contributed by atoms with Crippen LogP contribution in [-0.2, 0) is 18.4 Å². The van der Waals surface area contributed by atoms with Crippen LogP contribution in [0, 0.1) is 6.92 Å². The Bertz CT molecular complexity index is 924. The lowest BCUT2D eigenvalue weighted by Gasteiger charge is -2.06. The molecule has 0 atom stereocenters. The third-order valence-electron chi connectivity index (χ3n) is 3.77. The highest BCUT2D eigenvalue weighted by Gasteiger charge is 2.11. The van der Waals surface area contributed by atoms with Gasteiger partial charge in [-0.1, -0.05) is 18.2 Å². The number of imidazole rings is 1. The van der Waals surface area contributed by atoms with E-state index in [4.69, 9.17) is 0 Å². The molecule has 1 N–H and O–H groups in total. The minimum absolute atomic E-state index is 0.118. The summed E-state index contributed by atoms with van der Waals surface area (Å²) in [5, 5.41) is 2.76. The van der Waals surface area contributed by atoms with Gasteiger partial charge in [0, 0.05) is 25.7 Å². The minimum Gasteiger partial charge on any atom is -0.311 e. The molecule has 3 rings (SSSR count). The fourth-order valence-electron chi connectivity index (χ4n) is 2.61. The molecular weight excluding hydrogens is 292 g/mol. The van der Waals surface area contributed by atoms with Crippen molar-refractivity contribution in [3.63, 3.8) is 0 Å². The standard InChI is InChI=1S/C17H18N4O2/c1-12-6-5-9-15(18-12)19-16(22)10-11-21-14-8-4-3-7-13(14)20(2)17(21)23/h3-9H,10-11H2,1-2H3,(H,18,19,22). The molecule has 0 saturated heterocycles. The van der Waals surface area contributed by atoms with E-state index in [0.29, 0.717) is 12.4 Å². The summed E-state index contributed by atoms with van der Waals surface area (Å²) in [5.41, 5.74) is 2.42. The Morgan fingerprint density at radius 3 is 2.61 bits per heavy atom. The summed E-state index contributed by atoms with van der Waals surface area (Å²) < 4.78 is 3.22. The molecule has 0 aliphatic rings. The minimum atomic E-state index is -0.164. The summed E-state index contributed by atoms with van der Waals surface area (Å²) >= 11 is 0. The second-order valence-corrected chi connectivity index (χ2v) is 5.44. The molecule has 3 aromatic rings. The Balaban J connectivity index is 1.75. The molecule has 0 aliphatic heterocycles. The molecule has 1 aromatic carbocycles. The van der Waals surface area contributed by atoms with Gasteiger partial charge in [-0.3, -0.25) is 13.9 Å². The Morgan fingerprint density at radius 2 is 1.87 bits per heavy atom. The zero-order chi connectivity index (χ0) is 16.4. The van der Waals surface area contributed by atoms with Gasteiger partial charge in [0.15, 0.2) is 0 Å². The molecule has 0 aliphatic carbocycles. The van der Waals surface area contributed by atoms with E-state index in [1.165, 1.54) is 0 Å². The number of hydrogen-bond acceptors (Lipinski definition) is 3. The van der Waals surface area contributed by atoms with Crippen molar-refractivity contribution in [2.24, 2.45) is 7.05 Å². The monoisotopic (exact) mass is 310 g/mol. The maximum Gasteiger partial charge on any atom is 0.328 e. The number of nitrogens with zero attached hydrogens (tertiary/aromatic N) is 3. The number of amides is 1. The van der Waals surface area contributed by atoms with E-state index < -0.39 is 0 Å². The van der Waals surface area contributed by atoms with Crippen molar-refractivity contribution in [3.8, 4) is 0 Å². The van der Waals surface area contributed by atoms with Gasteiger partial charge in [0.05, 0.1) is 11.0 Å². The van der Waals surface area contributed by atoms with E-state index in [-0.39, 0.29) is 18.0 Å². The highest BCUT2D eigenvalue weighted by molar-refractivity contribution is 5.89. The van der Waals surface area contributed by atoms with Crippen molar-refractivity contribution in [2.75, 3.05) is 5.32 Å². The van der Waals surface area contributed by atoms with Crippen molar-refractivity contribution in [3.05, 3.63) is 58.6 Å². The average Bonchev–Trinajstić information content (AvgIpc) is 2.77. The number of carbonyl (C=O) groups is 1. The number of benzene rings is 1. The van der Waals surface area contributed by atoms with Crippen LogP contribution in [0.2, 0.25) is 0 Å². The summed E-state index contributed by atoms with van der Waals surface area (Å²) in [6.45, 7) is 2.20. The number of pyridine rings is 1. The van der Waals surface area contributed by atoms with Gasteiger partial charge in [-0.15, -0.1) is 0 Å². The summed E-state index contributed by atoms with van der Waals surface area (Å²) in [5.74, 6) is 0.364. The van der Waals surface area contributed by atoms with Gasteiger partial charge in [0.25, 0.3) is 0 Å². The van der Waals surface area contributed by atoms with Crippen LogP contribution in [0.25, 0.3) is 11.0 Å². The average molecular weight is 310 g/mol. The van der Waals surface area contributed by atoms with E-state index >= 15 is 0 Å². The maximum absolute atomic E-state index is 12.3. The molecule has 118 valence electrons. The Labute approximate surface area is 133 Å². The number of nitrogens with one attached hydrogen (secondary N) is 1. The fourth-order valence-corrected chi connectivity index (χ4v) is 2.61. The first kappa shape index (κ1) is 15.0. The van der Waals surface area contributed by atoms with Crippen LogP contribution >= 0.6 is 0 Å². The molecule has 0 unspecified atom stereocenters. The number of aromatic nitrogens is 3. The second kappa shape index (κ2) is 6.08. The summed E-state index contributed by atoms with van der Waals surface area (Å²) in [4.78, 5) is 28.6. The largest absolute Gasteiger partial charge is 0.328 e. The Hall–Kier alpha value is -2.89. The molecule has 6 nitrogen and oxygen atoms in total. The molecular formula is C17H18N4O2. The van der Waals surface area contributed by atoms with Gasteiger partial charge in [-0.05, 0) is 31.2 Å². The molecule has 2 heterocycles. The van der Waals surface area contributed by atoms with Gasteiger partial charge < -0.3 is 5.32 Å². The smallest absolute Gasteiger partial charge is 0.311 e. The lowest BCUT2D eigenvalue weighted by Crippen LogP contribution is -2.24. The summed E-state index contributed by atoms with van der Waals surface area (Å²) in [7, 11) is 1.73. The van der Waals surface area contributed by atoms with Crippen molar-refractivity contribution in [1.82, 2.24) is 14.1 Å². The number of aryl methyl sites for hydroxylation is 3. The molecule has 0 spiro atoms. The van der Waals surface area contributed by atoms with Crippen LogP contribution in [0.15, 0.2) is 47.3 Å². The van der Waals surface area contributed by atoms with E-state index in [1.54, 1.807) is 22.2 Å². The number of rotatable bonds is 4. The lowest BCUT2D eigenvalue weighted by atomic mass is 10.3. The van der Waals surface area contributed by atoms with Crippen LogP contribution in [-0.4, -0.2) is 20.0 Å². The molecule has 1 amide bonds. The van der Waals surface area contributed by atoms with Crippen LogP contribution in [0.4, 0.5) is 5.82 Å². The zero-order valence-corrected chi connectivity index (χ0v) is 13.1. The molecule has 0 bridgehead atoms. The molecule has 6 heteroatoms. The Morgan fingerprint density at radius 1 is 1.13 bits per heavy atom. The third-order valence-corrected chi connectivity index (χ3v) is 3.77.